The molecular formula is C13H28O. The van der Waals surface area contributed by atoms with Gasteiger partial charge in [-0.25, -0.2) is 0 Å². The Hall–Kier alpha value is -0.0400. The average Bonchev–Trinajstić information content (AvgIpc) is 2.21. The van der Waals surface area contributed by atoms with Gasteiger partial charge in [-0.1, -0.05) is 47.0 Å². The lowest BCUT2D eigenvalue weighted by atomic mass is 9.89. The van der Waals surface area contributed by atoms with Crippen LogP contribution in [-0.4, -0.2) is 11.2 Å². The highest BCUT2D eigenvalue weighted by molar-refractivity contribution is 4.68. The van der Waals surface area contributed by atoms with Gasteiger partial charge < -0.3 is 5.11 Å². The summed E-state index contributed by atoms with van der Waals surface area (Å²) in [7, 11) is 0. The van der Waals surface area contributed by atoms with Gasteiger partial charge in [-0.15, -0.1) is 0 Å². The highest BCUT2D eigenvalue weighted by Crippen LogP contribution is 2.21. The van der Waals surface area contributed by atoms with Crippen molar-refractivity contribution in [3.8, 4) is 0 Å². The van der Waals surface area contributed by atoms with Gasteiger partial charge in [-0.3, -0.25) is 0 Å². The first kappa shape index (κ1) is 14.0. The van der Waals surface area contributed by atoms with Crippen molar-refractivity contribution in [2.45, 2.75) is 72.3 Å². The molecule has 3 atom stereocenters. The normalized spacial score (nSPS) is 17.8. The second-order valence-corrected chi connectivity index (χ2v) is 4.62. The maximum absolute atomic E-state index is 9.98. The summed E-state index contributed by atoms with van der Waals surface area (Å²) < 4.78 is 0. The van der Waals surface area contributed by atoms with Crippen molar-refractivity contribution >= 4 is 0 Å². The minimum Gasteiger partial charge on any atom is -0.393 e. The molecule has 0 aliphatic rings. The van der Waals surface area contributed by atoms with Crippen molar-refractivity contribution in [1.29, 1.82) is 0 Å². The molecule has 86 valence electrons. The van der Waals surface area contributed by atoms with Crippen molar-refractivity contribution in [3.05, 3.63) is 0 Å². The van der Waals surface area contributed by atoms with E-state index in [0.717, 1.165) is 18.8 Å². The van der Waals surface area contributed by atoms with Crippen LogP contribution in [0.25, 0.3) is 0 Å². The van der Waals surface area contributed by atoms with Crippen LogP contribution in [0.15, 0.2) is 0 Å². The van der Waals surface area contributed by atoms with E-state index in [9.17, 15) is 5.11 Å². The number of rotatable bonds is 8. The van der Waals surface area contributed by atoms with E-state index in [0.29, 0.717) is 5.92 Å². The molecule has 0 saturated carbocycles. The molecule has 0 rings (SSSR count). The lowest BCUT2D eigenvalue weighted by molar-refractivity contribution is 0.0848. The standard InChI is InChI=1S/C13H28O/c1-5-8-12(7-3)13(14)10-9-11(4)6-2/h11-14H,5-10H2,1-4H3. The maximum atomic E-state index is 9.98. The molecule has 0 aromatic heterocycles. The Bertz CT molecular complexity index is 122. The third-order valence-corrected chi connectivity index (χ3v) is 3.38. The fraction of sp³-hybridized carbons (Fsp3) is 1.00. The van der Waals surface area contributed by atoms with Gasteiger partial charge in [0.1, 0.15) is 0 Å². The number of aliphatic hydroxyl groups excluding tert-OH is 1. The van der Waals surface area contributed by atoms with Crippen LogP contribution in [0.1, 0.15) is 66.2 Å². The zero-order valence-corrected chi connectivity index (χ0v) is 10.4. The molecule has 0 aromatic carbocycles. The molecule has 0 amide bonds. The van der Waals surface area contributed by atoms with E-state index in [4.69, 9.17) is 0 Å². The van der Waals surface area contributed by atoms with Crippen LogP contribution in [0.5, 0.6) is 0 Å². The molecule has 0 radical (unpaired) electrons. The monoisotopic (exact) mass is 200 g/mol. The van der Waals surface area contributed by atoms with Crippen LogP contribution in [-0.2, 0) is 0 Å². The van der Waals surface area contributed by atoms with E-state index >= 15 is 0 Å². The Labute approximate surface area is 89.9 Å². The predicted octanol–water partition coefficient (Wildman–Crippen LogP) is 4.00. The van der Waals surface area contributed by atoms with Gasteiger partial charge in [-0.05, 0) is 31.1 Å². The van der Waals surface area contributed by atoms with E-state index in [1.807, 2.05) is 0 Å². The minimum atomic E-state index is -0.0612. The van der Waals surface area contributed by atoms with Crippen LogP contribution in [0.2, 0.25) is 0 Å². The van der Waals surface area contributed by atoms with Crippen LogP contribution in [0, 0.1) is 11.8 Å². The van der Waals surface area contributed by atoms with Gasteiger partial charge in [0.05, 0.1) is 6.10 Å². The van der Waals surface area contributed by atoms with Gasteiger partial charge in [0.25, 0.3) is 0 Å². The third kappa shape index (κ3) is 5.64. The smallest absolute Gasteiger partial charge is 0.0568 e. The number of hydrogen-bond acceptors (Lipinski definition) is 1. The van der Waals surface area contributed by atoms with E-state index in [-0.39, 0.29) is 6.10 Å². The Morgan fingerprint density at radius 2 is 1.57 bits per heavy atom. The van der Waals surface area contributed by atoms with Crippen molar-refractivity contribution in [3.63, 3.8) is 0 Å². The number of aliphatic hydroxyl groups is 1. The van der Waals surface area contributed by atoms with E-state index in [1.165, 1.54) is 25.7 Å². The molecule has 0 heterocycles. The van der Waals surface area contributed by atoms with Gasteiger partial charge in [0, 0.05) is 0 Å². The fourth-order valence-corrected chi connectivity index (χ4v) is 1.93. The van der Waals surface area contributed by atoms with E-state index in [2.05, 4.69) is 27.7 Å². The molecule has 0 fully saturated rings. The second kappa shape index (κ2) is 8.28. The van der Waals surface area contributed by atoms with Gasteiger partial charge >= 0.3 is 0 Å². The Morgan fingerprint density at radius 1 is 0.929 bits per heavy atom. The fourth-order valence-electron chi connectivity index (χ4n) is 1.93. The number of hydrogen-bond donors (Lipinski definition) is 1. The van der Waals surface area contributed by atoms with Crippen molar-refractivity contribution in [1.82, 2.24) is 0 Å². The first-order valence-corrected chi connectivity index (χ1v) is 6.33. The lowest BCUT2D eigenvalue weighted by Crippen LogP contribution is -2.20. The molecule has 0 bridgehead atoms. The summed E-state index contributed by atoms with van der Waals surface area (Å²) in [5.41, 5.74) is 0. The highest BCUT2D eigenvalue weighted by atomic mass is 16.3. The highest BCUT2D eigenvalue weighted by Gasteiger charge is 2.16. The Balaban J connectivity index is 3.73. The summed E-state index contributed by atoms with van der Waals surface area (Å²) in [5.74, 6) is 1.30. The molecule has 14 heavy (non-hydrogen) atoms. The molecule has 1 N–H and O–H groups in total. The summed E-state index contributed by atoms with van der Waals surface area (Å²) in [6.45, 7) is 8.88. The quantitative estimate of drug-likeness (QED) is 0.628. The predicted molar refractivity (Wildman–Crippen MR) is 63.4 cm³/mol. The Kier molecular flexibility index (Phi) is 8.26. The Morgan fingerprint density at radius 3 is 2.00 bits per heavy atom. The first-order chi connectivity index (χ1) is 6.65. The molecule has 1 heteroatoms. The van der Waals surface area contributed by atoms with Gasteiger partial charge in [0.2, 0.25) is 0 Å². The molecule has 3 unspecified atom stereocenters. The van der Waals surface area contributed by atoms with Gasteiger partial charge in [-0.2, -0.15) is 0 Å². The first-order valence-electron chi connectivity index (χ1n) is 6.33. The molecule has 0 spiro atoms. The van der Waals surface area contributed by atoms with Crippen LogP contribution >= 0.6 is 0 Å². The topological polar surface area (TPSA) is 20.2 Å². The van der Waals surface area contributed by atoms with Crippen molar-refractivity contribution < 1.29 is 5.11 Å². The SMILES string of the molecule is CCCC(CC)C(O)CCC(C)CC. The zero-order chi connectivity index (χ0) is 11.0. The summed E-state index contributed by atoms with van der Waals surface area (Å²) >= 11 is 0. The second-order valence-electron chi connectivity index (χ2n) is 4.62. The lowest BCUT2D eigenvalue weighted by Gasteiger charge is -2.22. The average molecular weight is 200 g/mol. The summed E-state index contributed by atoms with van der Waals surface area (Å²) in [6.07, 6.45) is 6.84. The zero-order valence-electron chi connectivity index (χ0n) is 10.4. The van der Waals surface area contributed by atoms with Crippen LogP contribution in [0.4, 0.5) is 0 Å². The van der Waals surface area contributed by atoms with Gasteiger partial charge in [0.15, 0.2) is 0 Å². The van der Waals surface area contributed by atoms with E-state index in [1.54, 1.807) is 0 Å². The molecule has 0 aliphatic carbocycles. The largest absolute Gasteiger partial charge is 0.393 e. The summed E-state index contributed by atoms with van der Waals surface area (Å²) in [5, 5.41) is 9.98. The molecule has 0 saturated heterocycles. The maximum Gasteiger partial charge on any atom is 0.0568 e. The third-order valence-electron chi connectivity index (χ3n) is 3.38. The van der Waals surface area contributed by atoms with Crippen LogP contribution < -0.4 is 0 Å². The van der Waals surface area contributed by atoms with Crippen molar-refractivity contribution in [2.75, 3.05) is 0 Å². The van der Waals surface area contributed by atoms with E-state index < -0.39 is 0 Å². The summed E-state index contributed by atoms with van der Waals surface area (Å²) in [6, 6.07) is 0. The molecular weight excluding hydrogens is 172 g/mol. The molecule has 0 aliphatic heterocycles. The summed E-state index contributed by atoms with van der Waals surface area (Å²) in [4.78, 5) is 0. The van der Waals surface area contributed by atoms with Crippen LogP contribution in [0.3, 0.4) is 0 Å². The molecule has 0 aromatic rings. The minimum absolute atomic E-state index is 0.0612. The van der Waals surface area contributed by atoms with Crippen molar-refractivity contribution in [2.24, 2.45) is 11.8 Å². The molecule has 1 nitrogen and oxygen atoms in total.